The van der Waals surface area contributed by atoms with Crippen LogP contribution in [0.25, 0.3) is 0 Å². The Balaban J connectivity index is 6.21. The zero-order chi connectivity index (χ0) is 21.7. The number of ether oxygens (including phenoxy) is 1. The number of allylic oxidation sites excluding steroid dienone is 7. The van der Waals surface area contributed by atoms with Crippen LogP contribution in [-0.2, 0) is 9.53 Å². The Labute approximate surface area is 172 Å². The van der Waals surface area contributed by atoms with E-state index in [1.54, 1.807) is 0 Å². The summed E-state index contributed by atoms with van der Waals surface area (Å²) in [5, 5.41) is 12.6. The second-order valence-electron chi connectivity index (χ2n) is 7.05. The van der Waals surface area contributed by atoms with Gasteiger partial charge >= 0.3 is 0 Å². The summed E-state index contributed by atoms with van der Waals surface area (Å²) in [5.41, 5.74) is 6.57. The second kappa shape index (κ2) is 14.2. The lowest BCUT2D eigenvalue weighted by Gasteiger charge is -2.19. The molecule has 4 heteroatoms. The number of aliphatic hydroxyl groups is 1. The van der Waals surface area contributed by atoms with Crippen molar-refractivity contribution in [3.05, 3.63) is 45.4 Å². The molecule has 2 N–H and O–H groups in total. The largest absolute Gasteiger partial charge is 0.498 e. The van der Waals surface area contributed by atoms with Gasteiger partial charge in [0, 0.05) is 18.7 Å². The summed E-state index contributed by atoms with van der Waals surface area (Å²) < 4.78 is 5.83. The molecule has 4 nitrogen and oxygen atoms in total. The molecule has 0 spiro atoms. The lowest BCUT2D eigenvalue weighted by molar-refractivity contribution is -0.120. The van der Waals surface area contributed by atoms with Crippen molar-refractivity contribution in [2.45, 2.75) is 87.5 Å². The molecule has 0 unspecified atom stereocenters. The maximum Gasteiger partial charge on any atom is 0.223 e. The quantitative estimate of drug-likeness (QED) is 0.319. The topological polar surface area (TPSA) is 58.6 Å². The monoisotopic (exact) mass is 391 g/mol. The van der Waals surface area contributed by atoms with E-state index in [0.29, 0.717) is 12.8 Å². The maximum atomic E-state index is 11.8. The standard InChI is InChI=1S/C24H41NO3/c1-9-15-28-20(8)21(10-2)16-17(5)22(11-3)23(13-14-26)18(6)19(7)25-24(27)12-4/h16,26H,9-15H2,1-8H3,(H,25,27)/b17-16+,19-18+,21-20+,23-22+. The van der Waals surface area contributed by atoms with Gasteiger partial charge in [0.15, 0.2) is 0 Å². The Morgan fingerprint density at radius 1 is 0.964 bits per heavy atom. The van der Waals surface area contributed by atoms with Crippen LogP contribution in [-0.4, -0.2) is 24.2 Å². The van der Waals surface area contributed by atoms with E-state index in [1.165, 1.54) is 16.7 Å². The van der Waals surface area contributed by atoms with Crippen LogP contribution in [0.2, 0.25) is 0 Å². The predicted molar refractivity (Wildman–Crippen MR) is 119 cm³/mol. The molecule has 0 rings (SSSR count). The molecule has 0 aromatic carbocycles. The highest BCUT2D eigenvalue weighted by Gasteiger charge is 2.13. The molecular weight excluding hydrogens is 350 g/mol. The van der Waals surface area contributed by atoms with Crippen molar-refractivity contribution in [3.8, 4) is 0 Å². The number of aliphatic hydroxyl groups excluding tert-OH is 1. The van der Waals surface area contributed by atoms with E-state index in [2.05, 4.69) is 39.1 Å². The minimum Gasteiger partial charge on any atom is -0.498 e. The highest BCUT2D eigenvalue weighted by atomic mass is 16.5. The summed E-state index contributed by atoms with van der Waals surface area (Å²) in [5.74, 6) is 0.979. The highest BCUT2D eigenvalue weighted by Crippen LogP contribution is 2.29. The van der Waals surface area contributed by atoms with Crippen molar-refractivity contribution in [2.75, 3.05) is 13.2 Å². The van der Waals surface area contributed by atoms with Gasteiger partial charge in [-0.3, -0.25) is 4.79 Å². The second-order valence-corrected chi connectivity index (χ2v) is 7.05. The average molecular weight is 392 g/mol. The highest BCUT2D eigenvalue weighted by molar-refractivity contribution is 5.77. The molecule has 0 heterocycles. The number of amides is 1. The van der Waals surface area contributed by atoms with Crippen molar-refractivity contribution in [1.29, 1.82) is 0 Å². The first kappa shape index (κ1) is 26.2. The summed E-state index contributed by atoms with van der Waals surface area (Å²) in [4.78, 5) is 11.8. The van der Waals surface area contributed by atoms with E-state index >= 15 is 0 Å². The first-order chi connectivity index (χ1) is 13.3. The molecule has 0 aliphatic rings. The van der Waals surface area contributed by atoms with Crippen molar-refractivity contribution >= 4 is 5.91 Å². The van der Waals surface area contributed by atoms with Gasteiger partial charge in [-0.05, 0) is 81.2 Å². The van der Waals surface area contributed by atoms with E-state index in [0.717, 1.165) is 48.5 Å². The predicted octanol–water partition coefficient (Wildman–Crippen LogP) is 5.95. The van der Waals surface area contributed by atoms with Gasteiger partial charge < -0.3 is 15.2 Å². The maximum absolute atomic E-state index is 11.8. The molecule has 0 aromatic rings. The van der Waals surface area contributed by atoms with Gasteiger partial charge in [-0.1, -0.05) is 33.8 Å². The molecule has 1 amide bonds. The minimum atomic E-state index is 0.00501. The molecule has 28 heavy (non-hydrogen) atoms. The van der Waals surface area contributed by atoms with Crippen LogP contribution in [0.4, 0.5) is 0 Å². The minimum absolute atomic E-state index is 0.00501. The summed E-state index contributed by atoms with van der Waals surface area (Å²) >= 11 is 0. The lowest BCUT2D eigenvalue weighted by Crippen LogP contribution is -2.21. The van der Waals surface area contributed by atoms with Crippen molar-refractivity contribution in [2.24, 2.45) is 0 Å². The fourth-order valence-corrected chi connectivity index (χ4v) is 3.17. The summed E-state index contributed by atoms with van der Waals surface area (Å²) in [6, 6.07) is 0. The zero-order valence-electron chi connectivity index (χ0n) is 19.3. The van der Waals surface area contributed by atoms with Crippen LogP contribution in [0.3, 0.4) is 0 Å². The first-order valence-electron chi connectivity index (χ1n) is 10.6. The summed E-state index contributed by atoms with van der Waals surface area (Å²) in [7, 11) is 0. The third-order valence-electron chi connectivity index (χ3n) is 4.97. The average Bonchev–Trinajstić information content (AvgIpc) is 2.69. The van der Waals surface area contributed by atoms with Gasteiger partial charge in [-0.25, -0.2) is 0 Å². The van der Waals surface area contributed by atoms with E-state index in [1.807, 2.05) is 27.7 Å². The first-order valence-corrected chi connectivity index (χ1v) is 10.6. The molecule has 0 aliphatic heterocycles. The zero-order valence-corrected chi connectivity index (χ0v) is 19.3. The molecule has 0 saturated heterocycles. The van der Waals surface area contributed by atoms with E-state index in [-0.39, 0.29) is 12.5 Å². The number of nitrogens with one attached hydrogen (secondary N) is 1. The van der Waals surface area contributed by atoms with Crippen molar-refractivity contribution in [3.63, 3.8) is 0 Å². The molecule has 0 aromatic heterocycles. The third kappa shape index (κ3) is 8.47. The molecule has 160 valence electrons. The van der Waals surface area contributed by atoms with Crippen LogP contribution in [0, 0.1) is 0 Å². The van der Waals surface area contributed by atoms with Crippen LogP contribution in [0.1, 0.15) is 87.5 Å². The number of carbonyl (C=O) groups excluding carboxylic acids is 1. The van der Waals surface area contributed by atoms with E-state index in [4.69, 9.17) is 4.74 Å². The van der Waals surface area contributed by atoms with Gasteiger partial charge in [0.05, 0.1) is 12.4 Å². The van der Waals surface area contributed by atoms with Gasteiger partial charge in [0.1, 0.15) is 0 Å². The van der Waals surface area contributed by atoms with Crippen LogP contribution in [0.15, 0.2) is 45.4 Å². The number of rotatable bonds is 12. The number of hydrogen-bond acceptors (Lipinski definition) is 3. The van der Waals surface area contributed by atoms with Crippen LogP contribution >= 0.6 is 0 Å². The van der Waals surface area contributed by atoms with Gasteiger partial charge in [0.2, 0.25) is 5.91 Å². The molecule has 0 radical (unpaired) electrons. The SMILES string of the molecule is CCCO/C(C)=C(/C=C(C)/C(CC)=C(CCO)/C(C)=C(\C)NC(=O)CC)CC. The fourth-order valence-electron chi connectivity index (χ4n) is 3.17. The van der Waals surface area contributed by atoms with Crippen molar-refractivity contribution in [1.82, 2.24) is 5.32 Å². The Morgan fingerprint density at radius 3 is 2.07 bits per heavy atom. The molecule has 0 fully saturated rings. The lowest BCUT2D eigenvalue weighted by atomic mass is 9.90. The van der Waals surface area contributed by atoms with Gasteiger partial charge in [-0.2, -0.15) is 0 Å². The molecular formula is C24H41NO3. The molecule has 0 aliphatic carbocycles. The van der Waals surface area contributed by atoms with Gasteiger partial charge in [-0.15, -0.1) is 0 Å². The number of carbonyl (C=O) groups is 1. The molecule has 0 saturated carbocycles. The Morgan fingerprint density at radius 2 is 1.61 bits per heavy atom. The fraction of sp³-hybridized carbons (Fsp3) is 0.625. The normalized spacial score (nSPS) is 14.8. The Kier molecular flexibility index (Phi) is 13.3. The van der Waals surface area contributed by atoms with E-state index in [9.17, 15) is 9.90 Å². The molecule has 0 bridgehead atoms. The Hall–Kier alpha value is -1.81. The van der Waals surface area contributed by atoms with Crippen LogP contribution in [0.5, 0.6) is 0 Å². The smallest absolute Gasteiger partial charge is 0.223 e. The van der Waals surface area contributed by atoms with Crippen molar-refractivity contribution < 1.29 is 14.6 Å². The van der Waals surface area contributed by atoms with Gasteiger partial charge in [0.25, 0.3) is 0 Å². The Bertz CT molecular complexity index is 636. The molecule has 0 atom stereocenters. The number of hydrogen-bond donors (Lipinski definition) is 2. The van der Waals surface area contributed by atoms with Crippen LogP contribution < -0.4 is 5.32 Å². The summed E-state index contributed by atoms with van der Waals surface area (Å²) in [6.45, 7) is 17.1. The van der Waals surface area contributed by atoms with E-state index < -0.39 is 0 Å². The third-order valence-corrected chi connectivity index (χ3v) is 4.97. The summed E-state index contributed by atoms with van der Waals surface area (Å²) in [6.07, 6.45) is 5.97.